The number of carbonyl (C=O) groups excluding carboxylic acids is 1. The molecule has 0 radical (unpaired) electrons. The fourth-order valence-corrected chi connectivity index (χ4v) is 3.31. The zero-order valence-electron chi connectivity index (χ0n) is 14.6. The number of amides is 1. The molecule has 3 rings (SSSR count). The molecule has 24 heavy (non-hydrogen) atoms. The summed E-state index contributed by atoms with van der Waals surface area (Å²) < 4.78 is 11.0. The standard InChI is InChI=1S/C19H26N2O3/c1-14-16-13-15(23-2)7-8-17(16)24-18(14)19(22)20-9-6-12-21-10-4-3-5-11-21/h7-8,13H,3-6,9-12H2,1-2H3,(H,20,22). The van der Waals surface area contributed by atoms with Crippen molar-refractivity contribution in [3.05, 3.63) is 29.5 Å². The van der Waals surface area contributed by atoms with Crippen molar-refractivity contribution in [2.24, 2.45) is 0 Å². The van der Waals surface area contributed by atoms with Gasteiger partial charge >= 0.3 is 0 Å². The average Bonchev–Trinajstić information content (AvgIpc) is 2.95. The van der Waals surface area contributed by atoms with E-state index in [0.29, 0.717) is 17.9 Å². The van der Waals surface area contributed by atoms with E-state index >= 15 is 0 Å². The first-order valence-electron chi connectivity index (χ1n) is 8.77. The van der Waals surface area contributed by atoms with Gasteiger partial charge < -0.3 is 19.4 Å². The molecule has 1 amide bonds. The molecule has 1 aromatic carbocycles. The van der Waals surface area contributed by atoms with Gasteiger partial charge in [0.05, 0.1) is 7.11 Å². The van der Waals surface area contributed by atoms with Gasteiger partial charge in [-0.2, -0.15) is 0 Å². The highest BCUT2D eigenvalue weighted by Crippen LogP contribution is 2.28. The Morgan fingerprint density at radius 3 is 2.83 bits per heavy atom. The fraction of sp³-hybridized carbons (Fsp3) is 0.526. The highest BCUT2D eigenvalue weighted by molar-refractivity contribution is 5.99. The van der Waals surface area contributed by atoms with Crippen LogP contribution in [0.2, 0.25) is 0 Å². The second-order valence-corrected chi connectivity index (χ2v) is 6.43. The molecular weight excluding hydrogens is 304 g/mol. The first-order valence-corrected chi connectivity index (χ1v) is 8.77. The maximum atomic E-state index is 12.4. The van der Waals surface area contributed by atoms with Crippen LogP contribution in [-0.2, 0) is 0 Å². The Labute approximate surface area is 143 Å². The van der Waals surface area contributed by atoms with E-state index in [1.165, 1.54) is 32.4 Å². The molecule has 0 unspecified atom stereocenters. The Morgan fingerprint density at radius 2 is 2.08 bits per heavy atom. The number of piperidine rings is 1. The van der Waals surface area contributed by atoms with Crippen LogP contribution in [0.25, 0.3) is 11.0 Å². The Kier molecular flexibility index (Phi) is 5.41. The molecule has 2 heterocycles. The predicted molar refractivity (Wildman–Crippen MR) is 94.7 cm³/mol. The molecule has 5 heteroatoms. The summed E-state index contributed by atoms with van der Waals surface area (Å²) in [6.45, 7) is 6.02. The van der Waals surface area contributed by atoms with Crippen molar-refractivity contribution in [3.63, 3.8) is 0 Å². The van der Waals surface area contributed by atoms with Gasteiger partial charge in [0.25, 0.3) is 5.91 Å². The lowest BCUT2D eigenvalue weighted by molar-refractivity contribution is 0.0924. The Hall–Kier alpha value is -2.01. The Morgan fingerprint density at radius 1 is 1.29 bits per heavy atom. The van der Waals surface area contributed by atoms with E-state index in [9.17, 15) is 4.79 Å². The SMILES string of the molecule is COc1ccc2oc(C(=O)NCCCN3CCCCC3)c(C)c2c1. The number of nitrogens with zero attached hydrogens (tertiary/aromatic N) is 1. The Bertz CT molecular complexity index is 702. The highest BCUT2D eigenvalue weighted by atomic mass is 16.5. The summed E-state index contributed by atoms with van der Waals surface area (Å²) in [6, 6.07) is 5.58. The minimum Gasteiger partial charge on any atom is -0.497 e. The van der Waals surface area contributed by atoms with Gasteiger partial charge in [-0.25, -0.2) is 0 Å². The minimum absolute atomic E-state index is 0.138. The van der Waals surface area contributed by atoms with E-state index < -0.39 is 0 Å². The number of benzene rings is 1. The monoisotopic (exact) mass is 330 g/mol. The summed E-state index contributed by atoms with van der Waals surface area (Å²) in [7, 11) is 1.63. The van der Waals surface area contributed by atoms with Gasteiger partial charge in [0.1, 0.15) is 11.3 Å². The van der Waals surface area contributed by atoms with E-state index in [0.717, 1.165) is 29.7 Å². The van der Waals surface area contributed by atoms with Crippen molar-refractivity contribution in [2.45, 2.75) is 32.6 Å². The van der Waals surface area contributed by atoms with Crippen molar-refractivity contribution in [3.8, 4) is 5.75 Å². The normalized spacial score (nSPS) is 15.6. The number of fused-ring (bicyclic) bond motifs is 1. The fourth-order valence-electron chi connectivity index (χ4n) is 3.31. The summed E-state index contributed by atoms with van der Waals surface area (Å²) in [5.41, 5.74) is 1.57. The molecule has 1 N–H and O–H groups in total. The second-order valence-electron chi connectivity index (χ2n) is 6.43. The minimum atomic E-state index is -0.138. The van der Waals surface area contributed by atoms with Gasteiger partial charge in [-0.15, -0.1) is 0 Å². The Balaban J connectivity index is 1.56. The number of likely N-dealkylation sites (tertiary alicyclic amines) is 1. The summed E-state index contributed by atoms with van der Waals surface area (Å²) in [5, 5.41) is 3.90. The van der Waals surface area contributed by atoms with Crippen LogP contribution in [0, 0.1) is 6.92 Å². The lowest BCUT2D eigenvalue weighted by atomic mass is 10.1. The molecule has 0 saturated carbocycles. The molecular formula is C19H26N2O3. The van der Waals surface area contributed by atoms with E-state index in [-0.39, 0.29) is 5.91 Å². The van der Waals surface area contributed by atoms with E-state index in [4.69, 9.17) is 9.15 Å². The number of hydrogen-bond donors (Lipinski definition) is 1. The predicted octanol–water partition coefficient (Wildman–Crippen LogP) is 3.36. The maximum absolute atomic E-state index is 12.4. The largest absolute Gasteiger partial charge is 0.497 e. The van der Waals surface area contributed by atoms with Gasteiger partial charge in [-0.1, -0.05) is 6.42 Å². The number of ether oxygens (including phenoxy) is 1. The second kappa shape index (κ2) is 7.71. The first-order chi connectivity index (χ1) is 11.7. The van der Waals surface area contributed by atoms with Crippen LogP contribution >= 0.6 is 0 Å². The van der Waals surface area contributed by atoms with Crippen molar-refractivity contribution in [1.82, 2.24) is 10.2 Å². The first kappa shape index (κ1) is 16.8. The molecule has 2 aromatic rings. The topological polar surface area (TPSA) is 54.7 Å². The number of methoxy groups -OCH3 is 1. The molecule has 0 aliphatic carbocycles. The van der Waals surface area contributed by atoms with E-state index in [1.807, 2.05) is 25.1 Å². The van der Waals surface area contributed by atoms with Crippen LogP contribution in [0.5, 0.6) is 5.75 Å². The van der Waals surface area contributed by atoms with Crippen LogP contribution in [0.3, 0.4) is 0 Å². The molecule has 0 atom stereocenters. The van der Waals surface area contributed by atoms with Gasteiger partial charge in [0, 0.05) is 17.5 Å². The summed E-state index contributed by atoms with van der Waals surface area (Å²) in [4.78, 5) is 14.9. The van der Waals surface area contributed by atoms with Crippen LogP contribution in [0.15, 0.2) is 22.6 Å². The summed E-state index contributed by atoms with van der Waals surface area (Å²) in [6.07, 6.45) is 4.92. The lowest BCUT2D eigenvalue weighted by Gasteiger charge is -2.26. The van der Waals surface area contributed by atoms with Crippen molar-refractivity contribution in [2.75, 3.05) is 33.3 Å². The molecule has 1 aromatic heterocycles. The molecule has 1 fully saturated rings. The summed E-state index contributed by atoms with van der Waals surface area (Å²) >= 11 is 0. The van der Waals surface area contributed by atoms with Crippen LogP contribution < -0.4 is 10.1 Å². The van der Waals surface area contributed by atoms with Crippen molar-refractivity contribution >= 4 is 16.9 Å². The van der Waals surface area contributed by atoms with Crippen LogP contribution in [0.4, 0.5) is 0 Å². The molecule has 5 nitrogen and oxygen atoms in total. The number of rotatable bonds is 6. The third-order valence-corrected chi connectivity index (χ3v) is 4.73. The number of nitrogens with one attached hydrogen (secondary N) is 1. The average molecular weight is 330 g/mol. The number of aryl methyl sites for hydroxylation is 1. The van der Waals surface area contributed by atoms with Crippen molar-refractivity contribution < 1.29 is 13.9 Å². The smallest absolute Gasteiger partial charge is 0.287 e. The third kappa shape index (κ3) is 3.73. The molecule has 130 valence electrons. The van der Waals surface area contributed by atoms with E-state index in [1.54, 1.807) is 7.11 Å². The summed E-state index contributed by atoms with van der Waals surface area (Å²) in [5.74, 6) is 1.03. The van der Waals surface area contributed by atoms with Crippen molar-refractivity contribution in [1.29, 1.82) is 0 Å². The van der Waals surface area contributed by atoms with Crippen LogP contribution in [0.1, 0.15) is 41.8 Å². The third-order valence-electron chi connectivity index (χ3n) is 4.73. The number of furan rings is 1. The van der Waals surface area contributed by atoms with Gasteiger partial charge in [0.15, 0.2) is 5.76 Å². The van der Waals surface area contributed by atoms with Gasteiger partial charge in [-0.3, -0.25) is 4.79 Å². The van der Waals surface area contributed by atoms with Gasteiger partial charge in [-0.05, 0) is 64.0 Å². The molecule has 1 aliphatic heterocycles. The molecule has 1 saturated heterocycles. The molecule has 0 bridgehead atoms. The quantitative estimate of drug-likeness (QED) is 0.825. The number of hydrogen-bond acceptors (Lipinski definition) is 4. The van der Waals surface area contributed by atoms with Crippen LogP contribution in [-0.4, -0.2) is 44.1 Å². The maximum Gasteiger partial charge on any atom is 0.287 e. The highest BCUT2D eigenvalue weighted by Gasteiger charge is 2.18. The zero-order chi connectivity index (χ0) is 16.9. The lowest BCUT2D eigenvalue weighted by Crippen LogP contribution is -2.33. The molecule has 0 spiro atoms. The number of carbonyl (C=O) groups is 1. The zero-order valence-corrected chi connectivity index (χ0v) is 14.6. The van der Waals surface area contributed by atoms with Gasteiger partial charge in [0.2, 0.25) is 0 Å². The van der Waals surface area contributed by atoms with E-state index in [2.05, 4.69) is 10.2 Å². The molecule has 1 aliphatic rings.